The molecule has 1 aliphatic carbocycles. The molecule has 0 radical (unpaired) electrons. The van der Waals surface area contributed by atoms with Crippen molar-refractivity contribution in [1.29, 1.82) is 0 Å². The van der Waals surface area contributed by atoms with Crippen molar-refractivity contribution in [2.24, 2.45) is 0 Å². The maximum atomic E-state index is 15.1. The summed E-state index contributed by atoms with van der Waals surface area (Å²) in [6, 6.07) is 7.67. The van der Waals surface area contributed by atoms with Crippen molar-refractivity contribution in [2.75, 3.05) is 30.4 Å². The van der Waals surface area contributed by atoms with Crippen molar-refractivity contribution in [3.05, 3.63) is 59.5 Å². The molecule has 5 rings (SSSR count). The van der Waals surface area contributed by atoms with E-state index in [0.717, 1.165) is 31.9 Å². The topological polar surface area (TPSA) is 91.4 Å². The Kier molecular flexibility index (Phi) is 7.99. The molecule has 3 aromatic rings. The third-order valence-corrected chi connectivity index (χ3v) is 7.54. The Morgan fingerprint density at radius 2 is 1.82 bits per heavy atom. The molecule has 2 amide bonds. The number of anilines is 3. The SMILES string of the molecule is CNC(=O)NC1CCC(c2ccc(Nc3ncc(F)c(-c4cc(F)c5c(c4)N(C(C)C)CCO5)n3)cc2F)CC1. The average molecular weight is 555 g/mol. The number of nitrogens with zero attached hydrogens (tertiary/aromatic N) is 3. The molecule has 1 aromatic heterocycles. The normalized spacial score (nSPS) is 18.6. The van der Waals surface area contributed by atoms with E-state index < -0.39 is 11.6 Å². The Balaban J connectivity index is 1.33. The summed E-state index contributed by atoms with van der Waals surface area (Å²) in [7, 11) is 1.58. The lowest BCUT2D eigenvalue weighted by atomic mass is 9.81. The minimum absolute atomic E-state index is 0.0544. The van der Waals surface area contributed by atoms with E-state index in [1.165, 1.54) is 12.1 Å². The van der Waals surface area contributed by atoms with Crippen molar-refractivity contribution < 1.29 is 22.7 Å². The number of rotatable bonds is 6. The van der Waals surface area contributed by atoms with E-state index in [-0.39, 0.29) is 52.8 Å². The zero-order valence-electron chi connectivity index (χ0n) is 22.7. The van der Waals surface area contributed by atoms with Crippen LogP contribution in [-0.2, 0) is 0 Å². The molecule has 11 heteroatoms. The zero-order valence-corrected chi connectivity index (χ0v) is 22.7. The number of urea groups is 1. The highest BCUT2D eigenvalue weighted by atomic mass is 19.1. The van der Waals surface area contributed by atoms with Gasteiger partial charge in [-0.15, -0.1) is 0 Å². The van der Waals surface area contributed by atoms with Gasteiger partial charge in [0.25, 0.3) is 0 Å². The predicted molar refractivity (Wildman–Crippen MR) is 148 cm³/mol. The molecule has 1 fully saturated rings. The summed E-state index contributed by atoms with van der Waals surface area (Å²) < 4.78 is 50.5. The van der Waals surface area contributed by atoms with Gasteiger partial charge in [0.1, 0.15) is 18.1 Å². The second-order valence-electron chi connectivity index (χ2n) is 10.5. The minimum Gasteiger partial charge on any atom is -0.486 e. The van der Waals surface area contributed by atoms with Crippen molar-refractivity contribution in [2.45, 2.75) is 57.5 Å². The third kappa shape index (κ3) is 5.78. The first-order chi connectivity index (χ1) is 19.2. The maximum Gasteiger partial charge on any atom is 0.314 e. The van der Waals surface area contributed by atoms with Gasteiger partial charge in [-0.05, 0) is 75.3 Å². The molecule has 212 valence electrons. The van der Waals surface area contributed by atoms with Gasteiger partial charge in [0, 0.05) is 30.4 Å². The highest BCUT2D eigenvalue weighted by molar-refractivity contribution is 5.74. The van der Waals surface area contributed by atoms with E-state index in [1.54, 1.807) is 25.2 Å². The lowest BCUT2D eigenvalue weighted by molar-refractivity contribution is 0.233. The average Bonchev–Trinajstić information content (AvgIpc) is 2.94. The first kappa shape index (κ1) is 27.5. The quantitative estimate of drug-likeness (QED) is 0.353. The molecule has 1 saturated carbocycles. The Morgan fingerprint density at radius 3 is 2.52 bits per heavy atom. The number of hydrogen-bond acceptors (Lipinski definition) is 6. The van der Waals surface area contributed by atoms with Gasteiger partial charge in [-0.25, -0.2) is 27.9 Å². The highest BCUT2D eigenvalue weighted by Gasteiger charge is 2.27. The first-order valence-corrected chi connectivity index (χ1v) is 13.5. The van der Waals surface area contributed by atoms with Crippen LogP contribution in [0.15, 0.2) is 36.5 Å². The van der Waals surface area contributed by atoms with E-state index in [0.29, 0.717) is 30.1 Å². The predicted octanol–water partition coefficient (Wildman–Crippen LogP) is 5.87. The molecule has 0 unspecified atom stereocenters. The third-order valence-electron chi connectivity index (χ3n) is 7.54. The lowest BCUT2D eigenvalue weighted by Crippen LogP contribution is -2.42. The molecule has 2 aliphatic rings. The fraction of sp³-hybridized carbons (Fsp3) is 0.414. The van der Waals surface area contributed by atoms with Gasteiger partial charge in [0.05, 0.1) is 18.4 Å². The number of carbonyl (C=O) groups is 1. The molecular weight excluding hydrogens is 521 g/mol. The van der Waals surface area contributed by atoms with E-state index in [4.69, 9.17) is 4.74 Å². The van der Waals surface area contributed by atoms with Crippen molar-refractivity contribution in [1.82, 2.24) is 20.6 Å². The van der Waals surface area contributed by atoms with E-state index in [9.17, 15) is 13.6 Å². The summed E-state index contributed by atoms with van der Waals surface area (Å²) in [5.74, 6) is -1.41. The largest absolute Gasteiger partial charge is 0.486 e. The molecule has 2 heterocycles. The molecular formula is C29H33F3N6O2. The van der Waals surface area contributed by atoms with Gasteiger partial charge >= 0.3 is 6.03 Å². The van der Waals surface area contributed by atoms with Gasteiger partial charge in [0.15, 0.2) is 17.4 Å². The summed E-state index contributed by atoms with van der Waals surface area (Å²) in [6.45, 7) is 4.94. The molecule has 0 spiro atoms. The molecule has 3 N–H and O–H groups in total. The molecule has 40 heavy (non-hydrogen) atoms. The van der Waals surface area contributed by atoms with Crippen LogP contribution in [0, 0.1) is 17.5 Å². The van der Waals surface area contributed by atoms with E-state index >= 15 is 4.39 Å². The number of hydrogen-bond donors (Lipinski definition) is 3. The van der Waals surface area contributed by atoms with Crippen LogP contribution in [0.5, 0.6) is 5.75 Å². The summed E-state index contributed by atoms with van der Waals surface area (Å²) in [4.78, 5) is 21.9. The van der Waals surface area contributed by atoms with Gasteiger partial charge in [-0.2, -0.15) is 0 Å². The second-order valence-corrected chi connectivity index (χ2v) is 10.5. The van der Waals surface area contributed by atoms with Gasteiger partial charge < -0.3 is 25.6 Å². The molecule has 2 aromatic carbocycles. The zero-order chi connectivity index (χ0) is 28.4. The smallest absolute Gasteiger partial charge is 0.314 e. The number of nitrogens with one attached hydrogen (secondary N) is 3. The van der Waals surface area contributed by atoms with Gasteiger partial charge in [-0.3, -0.25) is 0 Å². The monoisotopic (exact) mass is 554 g/mol. The fourth-order valence-corrected chi connectivity index (χ4v) is 5.48. The van der Waals surface area contributed by atoms with Crippen LogP contribution in [0.25, 0.3) is 11.3 Å². The number of amides is 2. The molecule has 1 aliphatic heterocycles. The Hall–Kier alpha value is -4.02. The summed E-state index contributed by atoms with van der Waals surface area (Å²) >= 11 is 0. The standard InChI is InChI=1S/C29H33F3N6O2/c1-16(2)38-10-11-40-27-23(31)12-18(13-25(27)38)26-24(32)15-34-28(37-26)35-20-8-9-21(22(30)14-20)17-4-6-19(7-5-17)36-29(39)33-3/h8-9,12-17,19H,4-7,10-11H2,1-3H3,(H2,33,36,39)(H,34,35,37). The van der Waals surface area contributed by atoms with E-state index in [1.807, 2.05) is 18.7 Å². The van der Waals surface area contributed by atoms with Gasteiger partial charge in [0.2, 0.25) is 5.95 Å². The molecule has 8 nitrogen and oxygen atoms in total. The van der Waals surface area contributed by atoms with Crippen LogP contribution in [0.4, 0.5) is 35.3 Å². The summed E-state index contributed by atoms with van der Waals surface area (Å²) in [5, 5.41) is 8.41. The maximum absolute atomic E-state index is 15.1. The number of benzene rings is 2. The Bertz CT molecular complexity index is 1390. The van der Waals surface area contributed by atoms with Crippen LogP contribution < -0.4 is 25.6 Å². The minimum atomic E-state index is -0.708. The van der Waals surface area contributed by atoms with Crippen LogP contribution >= 0.6 is 0 Å². The van der Waals surface area contributed by atoms with Crippen LogP contribution in [0.2, 0.25) is 0 Å². The summed E-state index contributed by atoms with van der Waals surface area (Å²) in [6.07, 6.45) is 4.08. The van der Waals surface area contributed by atoms with Crippen molar-refractivity contribution in [3.63, 3.8) is 0 Å². The van der Waals surface area contributed by atoms with Gasteiger partial charge in [-0.1, -0.05) is 6.07 Å². The lowest BCUT2D eigenvalue weighted by Gasteiger charge is -2.34. The van der Waals surface area contributed by atoms with Crippen LogP contribution in [0.3, 0.4) is 0 Å². The number of ether oxygens (including phenoxy) is 1. The molecule has 0 atom stereocenters. The highest BCUT2D eigenvalue weighted by Crippen LogP contribution is 2.40. The second kappa shape index (κ2) is 11.6. The molecule has 0 saturated heterocycles. The number of fused-ring (bicyclic) bond motifs is 1. The Morgan fingerprint density at radius 1 is 1.05 bits per heavy atom. The summed E-state index contributed by atoms with van der Waals surface area (Å²) in [5.41, 5.74) is 1.74. The first-order valence-electron chi connectivity index (χ1n) is 13.5. The van der Waals surface area contributed by atoms with Crippen LogP contribution in [0.1, 0.15) is 51.0 Å². The molecule has 0 bridgehead atoms. The van der Waals surface area contributed by atoms with Crippen molar-refractivity contribution in [3.8, 4) is 17.0 Å². The van der Waals surface area contributed by atoms with E-state index in [2.05, 4.69) is 25.9 Å². The number of halogens is 3. The van der Waals surface area contributed by atoms with Crippen molar-refractivity contribution >= 4 is 23.4 Å². The number of carbonyl (C=O) groups excluding carboxylic acids is 1. The number of aromatic nitrogens is 2. The fourth-order valence-electron chi connectivity index (χ4n) is 5.48. The Labute approximate surface area is 231 Å². The van der Waals surface area contributed by atoms with Crippen LogP contribution in [-0.4, -0.2) is 48.3 Å².